The molecule has 0 unspecified atom stereocenters. The molecule has 1 atom stereocenters. The van der Waals surface area contributed by atoms with Crippen LogP contribution in [0.2, 0.25) is 0 Å². The highest BCUT2D eigenvalue weighted by atomic mass is 16.6. The van der Waals surface area contributed by atoms with Crippen LogP contribution in [0, 0.1) is 5.92 Å². The monoisotopic (exact) mass is 374 g/mol. The second kappa shape index (κ2) is 8.83. The molecular formula is C19H26N4O4. The summed E-state index contributed by atoms with van der Waals surface area (Å²) < 4.78 is 5.00. The minimum atomic E-state index is -0.317. The summed E-state index contributed by atoms with van der Waals surface area (Å²) in [5.74, 6) is -0.387. The molecule has 3 amide bonds. The van der Waals surface area contributed by atoms with Gasteiger partial charge in [0.1, 0.15) is 0 Å². The molecule has 27 heavy (non-hydrogen) atoms. The number of rotatable bonds is 5. The molecule has 0 aromatic carbocycles. The van der Waals surface area contributed by atoms with Crippen molar-refractivity contribution in [1.29, 1.82) is 0 Å². The Morgan fingerprint density at radius 1 is 1.26 bits per heavy atom. The Labute approximate surface area is 158 Å². The molecule has 2 aliphatic rings. The van der Waals surface area contributed by atoms with E-state index in [0.29, 0.717) is 45.6 Å². The maximum absolute atomic E-state index is 12.6. The Bertz CT molecular complexity index is 674. The first-order valence-corrected chi connectivity index (χ1v) is 9.45. The van der Waals surface area contributed by atoms with E-state index in [1.807, 2.05) is 12.1 Å². The second-order valence-electron chi connectivity index (χ2n) is 7.00. The van der Waals surface area contributed by atoms with Gasteiger partial charge in [-0.15, -0.1) is 0 Å². The number of piperidine rings is 1. The number of nitrogens with zero attached hydrogens (tertiary/aromatic N) is 3. The summed E-state index contributed by atoms with van der Waals surface area (Å²) in [6.07, 6.45) is 4.75. The zero-order valence-corrected chi connectivity index (χ0v) is 15.6. The van der Waals surface area contributed by atoms with Crippen molar-refractivity contribution in [3.63, 3.8) is 0 Å². The number of ether oxygens (including phenoxy) is 1. The smallest absolute Gasteiger partial charge is 0.409 e. The molecule has 1 aromatic rings. The summed E-state index contributed by atoms with van der Waals surface area (Å²) in [5, 5.41) is 3.05. The van der Waals surface area contributed by atoms with Gasteiger partial charge in [0.2, 0.25) is 11.8 Å². The van der Waals surface area contributed by atoms with E-state index in [1.54, 1.807) is 29.1 Å². The van der Waals surface area contributed by atoms with E-state index in [4.69, 9.17) is 4.74 Å². The number of carbonyl (C=O) groups excluding carboxylic acids is 3. The molecule has 2 saturated heterocycles. The van der Waals surface area contributed by atoms with Crippen LogP contribution in [0.25, 0.3) is 0 Å². The molecule has 0 spiro atoms. The Balaban J connectivity index is 1.45. The average molecular weight is 374 g/mol. The number of pyridine rings is 1. The van der Waals surface area contributed by atoms with E-state index >= 15 is 0 Å². The van der Waals surface area contributed by atoms with E-state index in [1.165, 1.54) is 0 Å². The second-order valence-corrected chi connectivity index (χ2v) is 7.00. The maximum atomic E-state index is 12.6. The Morgan fingerprint density at radius 2 is 1.96 bits per heavy atom. The molecule has 0 saturated carbocycles. The zero-order valence-electron chi connectivity index (χ0n) is 15.6. The van der Waals surface area contributed by atoms with Gasteiger partial charge in [-0.1, -0.05) is 0 Å². The molecule has 146 valence electrons. The summed E-state index contributed by atoms with van der Waals surface area (Å²) in [7, 11) is 0. The van der Waals surface area contributed by atoms with Gasteiger partial charge < -0.3 is 19.9 Å². The van der Waals surface area contributed by atoms with Crippen molar-refractivity contribution in [2.75, 3.05) is 26.2 Å². The van der Waals surface area contributed by atoms with Gasteiger partial charge in [0, 0.05) is 51.0 Å². The Hall–Kier alpha value is -2.64. The lowest BCUT2D eigenvalue weighted by Gasteiger charge is -2.32. The lowest BCUT2D eigenvalue weighted by atomic mass is 10.0. The molecule has 0 bridgehead atoms. The quantitative estimate of drug-likeness (QED) is 0.835. The summed E-state index contributed by atoms with van der Waals surface area (Å²) in [4.78, 5) is 43.9. The first-order valence-electron chi connectivity index (χ1n) is 9.45. The largest absolute Gasteiger partial charge is 0.450 e. The third-order valence-electron chi connectivity index (χ3n) is 5.08. The van der Waals surface area contributed by atoms with Gasteiger partial charge in [-0.25, -0.2) is 4.79 Å². The highest BCUT2D eigenvalue weighted by molar-refractivity contribution is 5.89. The van der Waals surface area contributed by atoms with Crippen molar-refractivity contribution in [2.45, 2.75) is 38.8 Å². The van der Waals surface area contributed by atoms with Crippen LogP contribution < -0.4 is 5.32 Å². The van der Waals surface area contributed by atoms with E-state index in [9.17, 15) is 14.4 Å². The number of hydrogen-bond donors (Lipinski definition) is 1. The highest BCUT2D eigenvalue weighted by Crippen LogP contribution is 2.21. The number of likely N-dealkylation sites (tertiary alicyclic amines) is 2. The number of carbonyl (C=O) groups is 3. The summed E-state index contributed by atoms with van der Waals surface area (Å²) in [6.45, 7) is 4.23. The molecule has 8 nitrogen and oxygen atoms in total. The molecule has 1 N–H and O–H groups in total. The van der Waals surface area contributed by atoms with Gasteiger partial charge in [0.25, 0.3) is 0 Å². The standard InChI is InChI=1S/C19H26N4O4/c1-2-27-19(26)22-9-5-16(6-10-22)21-18(25)15-11-17(24)23(13-15)12-14-3-7-20-8-4-14/h3-4,7-8,15-16H,2,5-6,9-13H2,1H3,(H,21,25)/t15-/m0/s1. The SMILES string of the molecule is CCOC(=O)N1CCC(NC(=O)[C@H]2CC(=O)N(Cc3ccncc3)C2)CC1. The van der Waals surface area contributed by atoms with E-state index in [-0.39, 0.29) is 36.3 Å². The third kappa shape index (κ3) is 4.96. The fraction of sp³-hybridized carbons (Fsp3) is 0.579. The normalized spacial score (nSPS) is 20.6. The van der Waals surface area contributed by atoms with Crippen molar-refractivity contribution in [3.05, 3.63) is 30.1 Å². The molecule has 2 fully saturated rings. The summed E-state index contributed by atoms with van der Waals surface area (Å²) >= 11 is 0. The topological polar surface area (TPSA) is 91.8 Å². The Morgan fingerprint density at radius 3 is 2.63 bits per heavy atom. The van der Waals surface area contributed by atoms with Gasteiger partial charge in [-0.2, -0.15) is 0 Å². The van der Waals surface area contributed by atoms with Crippen molar-refractivity contribution >= 4 is 17.9 Å². The first kappa shape index (κ1) is 19.1. The molecule has 2 aliphatic heterocycles. The van der Waals surface area contributed by atoms with Crippen LogP contribution in [0.1, 0.15) is 31.7 Å². The van der Waals surface area contributed by atoms with Gasteiger partial charge in [-0.05, 0) is 37.5 Å². The number of aromatic nitrogens is 1. The van der Waals surface area contributed by atoms with Crippen LogP contribution in [-0.2, 0) is 20.9 Å². The minimum absolute atomic E-state index is 0.00379. The highest BCUT2D eigenvalue weighted by Gasteiger charge is 2.35. The van der Waals surface area contributed by atoms with Crippen LogP contribution in [0.5, 0.6) is 0 Å². The number of amides is 3. The summed E-state index contributed by atoms with van der Waals surface area (Å²) in [6, 6.07) is 3.78. The molecule has 0 aliphatic carbocycles. The Kier molecular flexibility index (Phi) is 6.26. The van der Waals surface area contributed by atoms with E-state index in [2.05, 4.69) is 10.3 Å². The molecule has 1 aromatic heterocycles. The summed E-state index contributed by atoms with van der Waals surface area (Å²) in [5.41, 5.74) is 1.01. The van der Waals surface area contributed by atoms with E-state index in [0.717, 1.165) is 5.56 Å². The molecule has 8 heteroatoms. The number of nitrogens with one attached hydrogen (secondary N) is 1. The average Bonchev–Trinajstić information content (AvgIpc) is 3.04. The fourth-order valence-corrected chi connectivity index (χ4v) is 3.55. The predicted molar refractivity (Wildman–Crippen MR) is 97.5 cm³/mol. The minimum Gasteiger partial charge on any atom is -0.450 e. The fourth-order valence-electron chi connectivity index (χ4n) is 3.55. The van der Waals surface area contributed by atoms with Gasteiger partial charge >= 0.3 is 6.09 Å². The van der Waals surface area contributed by atoms with Crippen LogP contribution in [0.15, 0.2) is 24.5 Å². The van der Waals surface area contributed by atoms with Crippen LogP contribution in [0.3, 0.4) is 0 Å². The zero-order chi connectivity index (χ0) is 19.2. The maximum Gasteiger partial charge on any atom is 0.409 e. The van der Waals surface area contributed by atoms with Crippen molar-refractivity contribution < 1.29 is 19.1 Å². The lowest BCUT2D eigenvalue weighted by molar-refractivity contribution is -0.129. The van der Waals surface area contributed by atoms with Crippen LogP contribution >= 0.6 is 0 Å². The van der Waals surface area contributed by atoms with Gasteiger partial charge in [0.05, 0.1) is 12.5 Å². The van der Waals surface area contributed by atoms with Crippen LogP contribution in [0.4, 0.5) is 4.79 Å². The molecule has 3 heterocycles. The van der Waals surface area contributed by atoms with Gasteiger partial charge in [-0.3, -0.25) is 14.6 Å². The predicted octanol–water partition coefficient (Wildman–Crippen LogP) is 1.17. The van der Waals surface area contributed by atoms with Crippen molar-refractivity contribution in [3.8, 4) is 0 Å². The van der Waals surface area contributed by atoms with Crippen LogP contribution in [-0.4, -0.2) is 65.0 Å². The third-order valence-corrected chi connectivity index (χ3v) is 5.08. The van der Waals surface area contributed by atoms with Gasteiger partial charge in [0.15, 0.2) is 0 Å². The van der Waals surface area contributed by atoms with Crippen molar-refractivity contribution in [2.24, 2.45) is 5.92 Å². The first-order chi connectivity index (χ1) is 13.1. The molecule has 0 radical (unpaired) electrons. The number of hydrogen-bond acceptors (Lipinski definition) is 5. The van der Waals surface area contributed by atoms with Crippen molar-refractivity contribution in [1.82, 2.24) is 20.1 Å². The van der Waals surface area contributed by atoms with E-state index < -0.39 is 0 Å². The lowest BCUT2D eigenvalue weighted by Crippen LogP contribution is -2.48. The molecule has 3 rings (SSSR count). The molecular weight excluding hydrogens is 348 g/mol.